The number of benzene rings is 4. The quantitative estimate of drug-likeness (QED) is 0.0296. The van der Waals surface area contributed by atoms with E-state index in [0.29, 0.717) is 63.8 Å². The molecule has 0 spiro atoms. The van der Waals surface area contributed by atoms with Crippen LogP contribution in [0.15, 0.2) is 126 Å². The van der Waals surface area contributed by atoms with Gasteiger partial charge in [-0.1, -0.05) is 5.11 Å². The molecule has 28 heteroatoms. The standard InChI is InChI=1S/C21H25N7O2.C19H21N7O2.C2H8O4S.CH4O4S/c1-14-11-18(24-25-21-27(4)9-10-28(21)5)20(30-6)13-17(14)23-22-16-8-7-15(26(2)3)12-19(16)29;1-12-9-16(24-25-19-20-7-8-21-19)18(28-4)11-15(12)23-22-14-6-5-13(26(2)3)10-17(14)27;1-7(2,4,5)6-3;1-6(3,4)5-2/h7-13H,1-6H3;5-11,27H,1-4H3,(H,20,21);3H,1-2H3,(H,4,5);2H,1H3. The summed E-state index contributed by atoms with van der Waals surface area (Å²) in [4.78, 5) is 10.6. The Morgan fingerprint density at radius 1 is 0.732 bits per heavy atom. The first-order valence-corrected chi connectivity index (χ1v) is 24.9. The molecule has 6 rings (SSSR count). The molecule has 0 aliphatic carbocycles. The number of imidazole rings is 2. The van der Waals surface area contributed by atoms with Crippen molar-refractivity contribution in [3.8, 4) is 23.0 Å². The number of hydrogen-bond acceptors (Lipinski definition) is 22. The van der Waals surface area contributed by atoms with E-state index in [1.807, 2.05) is 106 Å². The van der Waals surface area contributed by atoms with Crippen LogP contribution in [0.1, 0.15) is 11.1 Å². The second-order valence-corrected chi connectivity index (χ2v) is 20.8. The number of rotatable bonds is 14. The highest BCUT2D eigenvalue weighted by Gasteiger charge is 2.19. The van der Waals surface area contributed by atoms with Crippen LogP contribution in [0.3, 0.4) is 0 Å². The van der Waals surface area contributed by atoms with Crippen LogP contribution in [0.2, 0.25) is 0 Å². The number of methoxy groups -OCH3 is 2. The predicted molar refractivity (Wildman–Crippen MR) is 264 cm³/mol. The van der Waals surface area contributed by atoms with Crippen LogP contribution < -0.4 is 29.1 Å². The molecule has 0 fully saturated rings. The van der Waals surface area contributed by atoms with Crippen molar-refractivity contribution in [2.24, 2.45) is 55.0 Å². The maximum atomic E-state index is 10.2. The summed E-state index contributed by atoms with van der Waals surface area (Å²) < 4.78 is 58.0. The third-order valence-corrected chi connectivity index (χ3v) is 9.61. The number of phenols is 2. The number of H-pyrrole nitrogens is 1. The summed E-state index contributed by atoms with van der Waals surface area (Å²) in [6, 6.07) is 17.6. The fourth-order valence-corrected chi connectivity index (χ4v) is 5.22. The number of phenolic OH excluding ortho intramolecular Hbond substituents is 2. The lowest BCUT2D eigenvalue weighted by Crippen LogP contribution is -2.29. The number of aromatic nitrogens is 4. The number of aryl methyl sites for hydroxylation is 4. The zero-order valence-corrected chi connectivity index (χ0v) is 42.9. The molecule has 4 aromatic carbocycles. The molecule has 0 saturated heterocycles. The van der Waals surface area contributed by atoms with Crippen LogP contribution in [0.4, 0.5) is 57.4 Å². The van der Waals surface area contributed by atoms with Crippen LogP contribution in [0.5, 0.6) is 23.0 Å². The number of azo groups is 4. The van der Waals surface area contributed by atoms with Gasteiger partial charge in [0.1, 0.15) is 55.4 Å². The summed E-state index contributed by atoms with van der Waals surface area (Å²) in [6.07, 6.45) is 9.55. The van der Waals surface area contributed by atoms with Gasteiger partial charge in [0.05, 0.1) is 58.3 Å². The highest BCUT2D eigenvalue weighted by Crippen LogP contribution is 2.39. The van der Waals surface area contributed by atoms with Gasteiger partial charge in [-0.3, -0.25) is 0 Å². The summed E-state index contributed by atoms with van der Waals surface area (Å²) >= 11 is 0. The average molecular weight is 1030 g/mol. The minimum atomic E-state index is -4.06. The lowest BCUT2D eigenvalue weighted by atomic mass is 10.1. The number of aromatic amines is 1. The Bertz CT molecular complexity index is 3010. The maximum absolute atomic E-state index is 10.2. The summed E-state index contributed by atoms with van der Waals surface area (Å²) in [7, 11) is 6.75. The van der Waals surface area contributed by atoms with Crippen LogP contribution in [-0.2, 0) is 42.5 Å². The van der Waals surface area contributed by atoms with Crippen molar-refractivity contribution in [2.45, 2.75) is 13.8 Å². The molecule has 0 atom stereocenters. The smallest absolute Gasteiger partial charge is 0.421 e. The molecular weight excluding hydrogens is 969 g/mol. The second kappa shape index (κ2) is 25.3. The Hall–Kier alpha value is -7.60. The minimum absolute atomic E-state index is 0.0587. The monoisotopic (exact) mass is 1030 g/mol. The number of nitrogens with one attached hydrogen (secondary N) is 1. The number of nitrogens with zero attached hydrogens (tertiary/aromatic N) is 13. The van der Waals surface area contributed by atoms with E-state index in [9.17, 15) is 22.8 Å². The third kappa shape index (κ3) is 19.0. The maximum Gasteiger partial charge on any atom is 0.421 e. The van der Waals surface area contributed by atoms with Gasteiger partial charge >= 0.3 is 5.95 Å². The van der Waals surface area contributed by atoms with Crippen LogP contribution in [0.25, 0.3) is 0 Å². The topological polar surface area (TPSA) is 335 Å². The van der Waals surface area contributed by atoms with E-state index in [2.05, 4.69) is 59.5 Å². The Morgan fingerprint density at radius 3 is 1.46 bits per heavy atom. The number of ether oxygens (including phenoxy) is 2. The van der Waals surface area contributed by atoms with Gasteiger partial charge in [0.15, 0.2) is 0 Å². The van der Waals surface area contributed by atoms with Crippen molar-refractivity contribution < 1.29 is 60.6 Å². The van der Waals surface area contributed by atoms with Gasteiger partial charge in [0.25, 0.3) is 10.1 Å². The van der Waals surface area contributed by atoms with Gasteiger partial charge in [-0.15, -0.1) is 24.8 Å². The van der Waals surface area contributed by atoms with Gasteiger partial charge in [-0.05, 0) is 61.4 Å². The van der Waals surface area contributed by atoms with E-state index in [4.69, 9.17) is 24.5 Å². The molecule has 0 amide bonds. The Labute approximate surface area is 410 Å². The highest BCUT2D eigenvalue weighted by molar-refractivity contribution is 8.09. The van der Waals surface area contributed by atoms with E-state index < -0.39 is 19.7 Å². The van der Waals surface area contributed by atoms with E-state index in [1.165, 1.54) is 0 Å². The molecule has 384 valence electrons. The van der Waals surface area contributed by atoms with Crippen LogP contribution >= 0.6 is 0 Å². The molecule has 6 aromatic rings. The molecule has 26 nitrogen and oxygen atoms in total. The van der Waals surface area contributed by atoms with E-state index in [-0.39, 0.29) is 11.5 Å². The zero-order valence-electron chi connectivity index (χ0n) is 41.3. The predicted octanol–water partition coefficient (Wildman–Crippen LogP) is 8.28. The van der Waals surface area contributed by atoms with E-state index in [1.54, 1.807) is 69.1 Å². The SMILES string of the molecule is COc1cc(N=Nc2ccc(N(C)C)cc2O)c(C)cc1N=Nc1n(C)cc[n+]1C.COc1cc(N=Nc2ccc(N(C)C)cc2O)c(C)cc1N=Nc1ncc[nH]1.CS(=O)(=O)O[O-].CS(C)(=O)(O)OO. The normalized spacial score (nSPS) is 12.1. The fourth-order valence-electron chi connectivity index (χ4n) is 5.22. The largest absolute Gasteiger partial charge is 0.707 e. The van der Waals surface area contributed by atoms with Crippen molar-refractivity contribution in [1.29, 1.82) is 0 Å². The first-order chi connectivity index (χ1) is 33.1. The fraction of sp³-hybridized carbons (Fsp3) is 0.302. The summed E-state index contributed by atoms with van der Waals surface area (Å²) in [6.45, 7) is 3.79. The lowest BCUT2D eigenvalue weighted by molar-refractivity contribution is -0.657. The molecule has 0 unspecified atom stereocenters. The van der Waals surface area contributed by atoms with Gasteiger partial charge in [0.2, 0.25) is 5.95 Å². The molecule has 2 heterocycles. The summed E-state index contributed by atoms with van der Waals surface area (Å²) in [5, 5.41) is 70.6. The molecule has 0 bridgehead atoms. The molecule has 71 heavy (non-hydrogen) atoms. The first kappa shape index (κ1) is 57.7. The Balaban J connectivity index is 0.000000301. The average Bonchev–Trinajstić information content (AvgIpc) is 3.95. The number of hydrogen-bond donors (Lipinski definition) is 5. The molecule has 0 radical (unpaired) electrons. The minimum Gasteiger partial charge on any atom is -0.707 e. The van der Waals surface area contributed by atoms with Crippen LogP contribution in [-0.4, -0.2) is 108 Å². The Kier molecular flexibility index (Phi) is 20.6. The van der Waals surface area contributed by atoms with Crippen molar-refractivity contribution in [3.05, 3.63) is 96.6 Å². The van der Waals surface area contributed by atoms with E-state index in [0.717, 1.165) is 35.0 Å². The molecule has 2 aromatic heterocycles. The molecular formula is C43H58N14O12S2. The molecule has 0 aliphatic rings. The van der Waals surface area contributed by atoms with E-state index >= 15 is 0 Å². The lowest BCUT2D eigenvalue weighted by Gasteiger charge is -2.20. The second-order valence-electron chi connectivity index (χ2n) is 15.8. The highest BCUT2D eigenvalue weighted by atomic mass is 32.3. The zero-order chi connectivity index (χ0) is 53.3. The van der Waals surface area contributed by atoms with Crippen LogP contribution in [0, 0.1) is 13.8 Å². The summed E-state index contributed by atoms with van der Waals surface area (Å²) in [5.74, 6) is 2.26. The van der Waals surface area contributed by atoms with Crippen molar-refractivity contribution in [1.82, 2.24) is 14.5 Å². The molecule has 0 aliphatic heterocycles. The molecule has 0 saturated carbocycles. The van der Waals surface area contributed by atoms with Crippen molar-refractivity contribution >= 4 is 77.1 Å². The Morgan fingerprint density at radius 2 is 1.14 bits per heavy atom. The first-order valence-electron chi connectivity index (χ1n) is 20.4. The van der Waals surface area contributed by atoms with Crippen molar-refractivity contribution in [2.75, 3.05) is 71.0 Å². The van der Waals surface area contributed by atoms with Crippen molar-refractivity contribution in [3.63, 3.8) is 0 Å². The number of anilines is 2. The summed E-state index contributed by atoms with van der Waals surface area (Å²) in [5.41, 5.74) is 6.57. The van der Waals surface area contributed by atoms with Gasteiger partial charge < -0.3 is 48.6 Å². The number of aromatic hydroxyl groups is 2. The van der Waals surface area contributed by atoms with Gasteiger partial charge in [-0.2, -0.15) is 10.2 Å². The van der Waals surface area contributed by atoms with Gasteiger partial charge in [0, 0.05) is 93.9 Å². The van der Waals surface area contributed by atoms with Gasteiger partial charge in [-0.25, -0.2) is 32.0 Å². The third-order valence-electron chi connectivity index (χ3n) is 8.94. The molecule has 5 N–H and O–H groups in total.